The molecule has 13 nitrogen and oxygen atoms in total. The number of carboxylic acid groups (broad SMARTS) is 1. The highest BCUT2D eigenvalue weighted by atomic mass is 32.2. The normalized spacial score (nSPS) is 12.0. The van der Waals surface area contributed by atoms with Crippen molar-refractivity contribution in [3.05, 3.63) is 82.4 Å². The van der Waals surface area contributed by atoms with E-state index in [0.29, 0.717) is 11.8 Å². The Morgan fingerprint density at radius 2 is 1.81 bits per heavy atom. The lowest BCUT2D eigenvalue weighted by atomic mass is 10.1. The van der Waals surface area contributed by atoms with Crippen LogP contribution in [0.2, 0.25) is 0 Å². The molecule has 3 aromatic rings. The maximum atomic E-state index is 11.8. The number of aryl methyl sites for hydroxylation is 1. The van der Waals surface area contributed by atoms with E-state index in [2.05, 4.69) is 25.6 Å². The second kappa shape index (κ2) is 11.5. The number of aromatic hydroxyl groups is 1. The van der Waals surface area contributed by atoms with Crippen molar-refractivity contribution in [1.82, 2.24) is 0 Å². The summed E-state index contributed by atoms with van der Waals surface area (Å²) >= 11 is 0. The predicted molar refractivity (Wildman–Crippen MR) is 130 cm³/mol. The quantitative estimate of drug-likeness (QED) is 0.0394. The maximum absolute atomic E-state index is 11.8. The molecule has 0 aliphatic heterocycles. The highest BCUT2D eigenvalue weighted by Crippen LogP contribution is 2.31. The molecule has 0 unspecified atom stereocenters. The number of nitrogens with zero attached hydrogens (tertiary/aromatic N) is 3. The van der Waals surface area contributed by atoms with E-state index in [-0.39, 0.29) is 51.8 Å². The minimum absolute atomic E-state index is 0.00380. The Morgan fingerprint density at radius 1 is 1.11 bits per heavy atom. The minimum atomic E-state index is -4.62. The number of amidine groups is 1. The van der Waals surface area contributed by atoms with Crippen LogP contribution in [0.25, 0.3) is 0 Å². The molecule has 0 radical (unpaired) electrons. The number of hydrazone groups is 1. The molecule has 192 valence electrons. The van der Waals surface area contributed by atoms with E-state index in [1.165, 1.54) is 49.4 Å². The molecule has 0 spiro atoms. The van der Waals surface area contributed by atoms with Crippen LogP contribution in [0.15, 0.2) is 74.8 Å². The van der Waals surface area contributed by atoms with Gasteiger partial charge in [-0.25, -0.2) is 9.68 Å². The van der Waals surface area contributed by atoms with Gasteiger partial charge in [-0.1, -0.05) is 24.3 Å². The Labute approximate surface area is 210 Å². The SMILES string of the molecule is Cc1cc(S(=O)(=O)O)cc(N/N=C(\N=Nc2cc(COO)ccc2C=O)c2ccccc2C(=O)O)c1O. The van der Waals surface area contributed by atoms with Crippen LogP contribution in [0.1, 0.15) is 37.4 Å². The summed E-state index contributed by atoms with van der Waals surface area (Å²) in [5.41, 5.74) is 2.71. The van der Waals surface area contributed by atoms with Gasteiger partial charge in [0.2, 0.25) is 5.84 Å². The first-order chi connectivity index (χ1) is 17.5. The average Bonchev–Trinajstić information content (AvgIpc) is 2.86. The molecule has 5 N–H and O–H groups in total. The van der Waals surface area contributed by atoms with E-state index in [9.17, 15) is 32.8 Å². The van der Waals surface area contributed by atoms with E-state index in [4.69, 9.17) is 5.26 Å². The van der Waals surface area contributed by atoms with Crippen molar-refractivity contribution in [3.63, 3.8) is 0 Å². The molecule has 3 rings (SSSR count). The fourth-order valence-corrected chi connectivity index (χ4v) is 3.73. The number of benzene rings is 3. The number of carbonyl (C=O) groups excluding carboxylic acids is 1. The summed E-state index contributed by atoms with van der Waals surface area (Å²) in [6, 6.07) is 12.0. The number of azo groups is 1. The summed E-state index contributed by atoms with van der Waals surface area (Å²) in [6.07, 6.45) is 0.514. The summed E-state index contributed by atoms with van der Waals surface area (Å²) in [4.78, 5) is 26.8. The number of carbonyl (C=O) groups is 2. The van der Waals surface area contributed by atoms with Crippen molar-refractivity contribution in [2.45, 2.75) is 18.4 Å². The van der Waals surface area contributed by atoms with Gasteiger partial charge in [-0.3, -0.25) is 20.0 Å². The van der Waals surface area contributed by atoms with Crippen LogP contribution in [0, 0.1) is 6.92 Å². The highest BCUT2D eigenvalue weighted by molar-refractivity contribution is 7.85. The van der Waals surface area contributed by atoms with Crippen molar-refractivity contribution < 1.29 is 42.9 Å². The van der Waals surface area contributed by atoms with E-state index >= 15 is 0 Å². The van der Waals surface area contributed by atoms with E-state index in [0.717, 1.165) is 12.1 Å². The standard InChI is InChI=1S/C23H20N4O9S/c1-13-8-16(37(33,34)35)10-20(21(13)29)25-27-22(17-4-2-3-5-18(17)23(30)31)26-24-19-9-14(12-36-32)6-7-15(19)11-28/h2-11,25,29,32H,12H2,1H3,(H,30,31)(H,33,34,35)/b26-24?,27-22-. The van der Waals surface area contributed by atoms with Crippen molar-refractivity contribution in [1.29, 1.82) is 0 Å². The first-order valence-electron chi connectivity index (χ1n) is 10.3. The molecule has 3 aromatic carbocycles. The van der Waals surface area contributed by atoms with Gasteiger partial charge in [-0.05, 0) is 48.4 Å². The van der Waals surface area contributed by atoms with Gasteiger partial charge in [-0.15, -0.1) is 10.2 Å². The second-order valence-electron chi connectivity index (χ2n) is 7.49. The van der Waals surface area contributed by atoms with Crippen molar-refractivity contribution in [3.8, 4) is 5.75 Å². The van der Waals surface area contributed by atoms with Crippen LogP contribution >= 0.6 is 0 Å². The number of carboxylic acids is 1. The van der Waals surface area contributed by atoms with E-state index < -0.39 is 21.0 Å². The zero-order chi connectivity index (χ0) is 27.2. The maximum Gasteiger partial charge on any atom is 0.336 e. The average molecular weight is 528 g/mol. The first kappa shape index (κ1) is 27.1. The topological polar surface area (TPSA) is 208 Å². The molecule has 0 aliphatic carbocycles. The summed E-state index contributed by atoms with van der Waals surface area (Å²) < 4.78 is 32.5. The lowest BCUT2D eigenvalue weighted by Gasteiger charge is -2.10. The van der Waals surface area contributed by atoms with Crippen molar-refractivity contribution in [2.75, 3.05) is 5.43 Å². The molecule has 0 saturated heterocycles. The molecular formula is C23H20N4O9S. The smallest absolute Gasteiger partial charge is 0.336 e. The van der Waals surface area contributed by atoms with Gasteiger partial charge in [0, 0.05) is 11.1 Å². The Balaban J connectivity index is 2.15. The number of nitrogens with one attached hydrogen (secondary N) is 1. The number of phenolic OH excluding ortho intramolecular Hbond substituents is 1. The number of rotatable bonds is 9. The number of aldehydes is 1. The van der Waals surface area contributed by atoms with Crippen LogP contribution in [0.3, 0.4) is 0 Å². The van der Waals surface area contributed by atoms with Crippen LogP contribution in [0.4, 0.5) is 11.4 Å². The molecule has 0 aliphatic rings. The molecule has 37 heavy (non-hydrogen) atoms. The predicted octanol–water partition coefficient (Wildman–Crippen LogP) is 4.01. The molecule has 0 atom stereocenters. The molecule has 0 aromatic heterocycles. The van der Waals surface area contributed by atoms with Gasteiger partial charge in [0.15, 0.2) is 6.29 Å². The Kier molecular flexibility index (Phi) is 8.41. The lowest BCUT2D eigenvalue weighted by molar-refractivity contribution is -0.253. The van der Waals surface area contributed by atoms with E-state index in [1.54, 1.807) is 0 Å². The molecule has 0 amide bonds. The summed E-state index contributed by atoms with van der Waals surface area (Å²) in [7, 11) is -4.62. The molecule has 0 bridgehead atoms. The Morgan fingerprint density at radius 3 is 2.43 bits per heavy atom. The van der Waals surface area contributed by atoms with Crippen molar-refractivity contribution in [2.24, 2.45) is 15.3 Å². The Bertz CT molecular complexity index is 1520. The summed E-state index contributed by atoms with van der Waals surface area (Å²) in [5, 5.41) is 40.7. The van der Waals surface area contributed by atoms with Crippen LogP contribution < -0.4 is 5.43 Å². The molecular weight excluding hydrogens is 508 g/mol. The molecule has 0 heterocycles. The van der Waals surface area contributed by atoms with Crippen LogP contribution in [-0.4, -0.2) is 46.5 Å². The summed E-state index contributed by atoms with van der Waals surface area (Å²) in [5.74, 6) is -2.01. The monoisotopic (exact) mass is 528 g/mol. The van der Waals surface area contributed by atoms with Gasteiger partial charge >= 0.3 is 5.97 Å². The van der Waals surface area contributed by atoms with Gasteiger partial charge in [0.25, 0.3) is 10.1 Å². The fraction of sp³-hybridized carbons (Fsp3) is 0.0870. The molecule has 0 saturated carbocycles. The zero-order valence-corrected chi connectivity index (χ0v) is 19.9. The van der Waals surface area contributed by atoms with Gasteiger partial charge in [0.05, 0.1) is 21.8 Å². The number of aromatic carboxylic acids is 1. The minimum Gasteiger partial charge on any atom is -0.505 e. The number of hydrogen-bond acceptors (Lipinski definition) is 10. The molecule has 0 fully saturated rings. The third-order valence-electron chi connectivity index (χ3n) is 4.96. The lowest BCUT2D eigenvalue weighted by Crippen LogP contribution is -2.09. The second-order valence-corrected chi connectivity index (χ2v) is 8.92. The highest BCUT2D eigenvalue weighted by Gasteiger charge is 2.18. The van der Waals surface area contributed by atoms with E-state index in [1.807, 2.05) is 0 Å². The third kappa shape index (κ3) is 6.59. The Hall–Kier alpha value is -4.50. The van der Waals surface area contributed by atoms with Gasteiger partial charge < -0.3 is 10.2 Å². The summed E-state index contributed by atoms with van der Waals surface area (Å²) in [6.45, 7) is 1.19. The van der Waals surface area contributed by atoms with Crippen molar-refractivity contribution >= 4 is 39.6 Å². The number of phenols is 1. The fourth-order valence-electron chi connectivity index (χ4n) is 3.14. The van der Waals surface area contributed by atoms with Gasteiger partial charge in [-0.2, -0.15) is 13.5 Å². The largest absolute Gasteiger partial charge is 0.505 e. The zero-order valence-electron chi connectivity index (χ0n) is 19.1. The van der Waals surface area contributed by atoms with Gasteiger partial charge in [0.1, 0.15) is 12.4 Å². The van der Waals surface area contributed by atoms with Crippen LogP contribution in [-0.2, 0) is 21.6 Å². The number of anilines is 1. The van der Waals surface area contributed by atoms with Crippen LogP contribution in [0.5, 0.6) is 5.75 Å². The number of hydrogen-bond donors (Lipinski definition) is 5. The molecule has 14 heteroatoms. The third-order valence-corrected chi connectivity index (χ3v) is 5.79. The first-order valence-corrected chi connectivity index (χ1v) is 11.7.